The van der Waals surface area contributed by atoms with Crippen LogP contribution in [0.25, 0.3) is 0 Å². The van der Waals surface area contributed by atoms with Crippen molar-refractivity contribution in [2.24, 2.45) is 5.92 Å². The van der Waals surface area contributed by atoms with Gasteiger partial charge in [0.25, 0.3) is 5.91 Å². The molecule has 0 aliphatic rings. The van der Waals surface area contributed by atoms with Gasteiger partial charge in [0.2, 0.25) is 0 Å². The van der Waals surface area contributed by atoms with E-state index in [-0.39, 0.29) is 5.91 Å². The number of hydrogen-bond donors (Lipinski definition) is 0. The Morgan fingerprint density at radius 3 is 2.55 bits per heavy atom. The predicted molar refractivity (Wildman–Crippen MR) is 95.3 cm³/mol. The van der Waals surface area contributed by atoms with E-state index in [0.29, 0.717) is 12.5 Å². The summed E-state index contributed by atoms with van der Waals surface area (Å²) in [4.78, 5) is 19.7. The smallest absolute Gasteiger partial charge is 0.265 e. The zero-order chi connectivity index (χ0) is 16.3. The molecular weight excluding hydrogens is 360 g/mol. The van der Waals surface area contributed by atoms with Gasteiger partial charge >= 0.3 is 0 Å². The summed E-state index contributed by atoms with van der Waals surface area (Å²) in [7, 11) is 1.84. The SMILES string of the molecule is Cc1nc(CC(C)C)sc1C(=O)N(C)Cc1ccc(Br)cc1. The molecule has 118 valence electrons. The summed E-state index contributed by atoms with van der Waals surface area (Å²) in [6.07, 6.45) is 0.926. The van der Waals surface area contributed by atoms with E-state index < -0.39 is 0 Å². The van der Waals surface area contributed by atoms with Gasteiger partial charge in [0.15, 0.2) is 0 Å². The van der Waals surface area contributed by atoms with Crippen LogP contribution < -0.4 is 0 Å². The molecule has 0 bridgehead atoms. The van der Waals surface area contributed by atoms with Gasteiger partial charge in [0, 0.05) is 24.5 Å². The summed E-state index contributed by atoms with van der Waals surface area (Å²) in [5.41, 5.74) is 1.96. The maximum absolute atomic E-state index is 12.6. The maximum atomic E-state index is 12.6. The summed E-state index contributed by atoms with van der Waals surface area (Å²) in [6, 6.07) is 8.04. The second kappa shape index (κ2) is 7.38. The van der Waals surface area contributed by atoms with Crippen molar-refractivity contribution in [2.45, 2.75) is 33.7 Å². The number of carbonyl (C=O) groups excluding carboxylic acids is 1. The number of hydrogen-bond acceptors (Lipinski definition) is 3. The van der Waals surface area contributed by atoms with E-state index in [0.717, 1.165) is 32.0 Å². The number of nitrogens with zero attached hydrogens (tertiary/aromatic N) is 2. The molecule has 0 spiro atoms. The van der Waals surface area contributed by atoms with Crippen LogP contribution in [0.5, 0.6) is 0 Å². The van der Waals surface area contributed by atoms with E-state index in [1.54, 1.807) is 4.90 Å². The van der Waals surface area contributed by atoms with Crippen LogP contribution in [-0.4, -0.2) is 22.8 Å². The van der Waals surface area contributed by atoms with E-state index >= 15 is 0 Å². The average Bonchev–Trinajstić information content (AvgIpc) is 2.80. The highest BCUT2D eigenvalue weighted by Gasteiger charge is 2.19. The molecule has 0 N–H and O–H groups in total. The number of rotatable bonds is 5. The molecule has 0 unspecified atom stereocenters. The fourth-order valence-electron chi connectivity index (χ4n) is 2.20. The van der Waals surface area contributed by atoms with Gasteiger partial charge in [-0.15, -0.1) is 11.3 Å². The van der Waals surface area contributed by atoms with Crippen molar-refractivity contribution in [3.05, 3.63) is 49.9 Å². The Kier molecular flexibility index (Phi) is 5.75. The Morgan fingerprint density at radius 1 is 1.32 bits per heavy atom. The zero-order valence-electron chi connectivity index (χ0n) is 13.4. The molecule has 5 heteroatoms. The van der Waals surface area contributed by atoms with Gasteiger partial charge in [-0.05, 0) is 30.5 Å². The van der Waals surface area contributed by atoms with Gasteiger partial charge in [0.05, 0.1) is 10.7 Å². The molecule has 1 amide bonds. The summed E-state index contributed by atoms with van der Waals surface area (Å²) in [5, 5.41) is 1.05. The van der Waals surface area contributed by atoms with Gasteiger partial charge in [-0.3, -0.25) is 4.79 Å². The molecular formula is C17H21BrN2OS. The van der Waals surface area contributed by atoms with Gasteiger partial charge in [-0.2, -0.15) is 0 Å². The van der Waals surface area contributed by atoms with E-state index in [1.807, 2.05) is 38.2 Å². The van der Waals surface area contributed by atoms with Crippen molar-refractivity contribution in [1.29, 1.82) is 0 Å². The van der Waals surface area contributed by atoms with Gasteiger partial charge in [-0.1, -0.05) is 41.9 Å². The van der Waals surface area contributed by atoms with Crippen molar-refractivity contribution < 1.29 is 4.79 Å². The van der Waals surface area contributed by atoms with Crippen LogP contribution in [0, 0.1) is 12.8 Å². The first-order chi connectivity index (χ1) is 10.4. The average molecular weight is 381 g/mol. The van der Waals surface area contributed by atoms with Gasteiger partial charge in [0.1, 0.15) is 4.88 Å². The van der Waals surface area contributed by atoms with Crippen LogP contribution >= 0.6 is 27.3 Å². The van der Waals surface area contributed by atoms with Crippen molar-refractivity contribution in [3.63, 3.8) is 0 Å². The summed E-state index contributed by atoms with van der Waals surface area (Å²) in [5.74, 6) is 0.599. The van der Waals surface area contributed by atoms with E-state index in [2.05, 4.69) is 34.8 Å². The lowest BCUT2D eigenvalue weighted by Crippen LogP contribution is -2.26. The molecule has 0 fully saturated rings. The molecule has 0 atom stereocenters. The van der Waals surface area contributed by atoms with Crippen molar-refractivity contribution in [3.8, 4) is 0 Å². The number of carbonyl (C=O) groups is 1. The van der Waals surface area contributed by atoms with Crippen LogP contribution in [0.4, 0.5) is 0 Å². The molecule has 1 aromatic carbocycles. The minimum atomic E-state index is 0.0490. The van der Waals surface area contributed by atoms with Gasteiger partial charge in [-0.25, -0.2) is 4.98 Å². The molecule has 2 rings (SSSR count). The van der Waals surface area contributed by atoms with Crippen LogP contribution in [0.3, 0.4) is 0 Å². The highest BCUT2D eigenvalue weighted by Crippen LogP contribution is 2.23. The lowest BCUT2D eigenvalue weighted by molar-refractivity contribution is 0.0789. The molecule has 1 aromatic heterocycles. The number of aryl methyl sites for hydroxylation is 1. The quantitative estimate of drug-likeness (QED) is 0.753. The second-order valence-corrected chi connectivity index (χ2v) is 7.91. The molecule has 1 heterocycles. The Hall–Kier alpha value is -1.20. The van der Waals surface area contributed by atoms with E-state index in [1.165, 1.54) is 11.3 Å². The normalized spacial score (nSPS) is 11.0. The van der Waals surface area contributed by atoms with Gasteiger partial charge < -0.3 is 4.90 Å². The molecule has 0 aliphatic heterocycles. The highest BCUT2D eigenvalue weighted by atomic mass is 79.9. The molecule has 0 aliphatic carbocycles. The second-order valence-electron chi connectivity index (χ2n) is 5.91. The van der Waals surface area contributed by atoms with Crippen LogP contribution in [0.2, 0.25) is 0 Å². The van der Waals surface area contributed by atoms with E-state index in [4.69, 9.17) is 0 Å². The monoisotopic (exact) mass is 380 g/mol. The predicted octanol–water partition coefficient (Wildman–Crippen LogP) is 4.68. The highest BCUT2D eigenvalue weighted by molar-refractivity contribution is 9.10. The standard InChI is InChI=1S/C17H21BrN2OS/c1-11(2)9-15-19-12(3)16(22-15)17(21)20(4)10-13-5-7-14(18)8-6-13/h5-8,11H,9-10H2,1-4H3. The van der Waals surface area contributed by atoms with Crippen LogP contribution in [0.1, 0.15) is 39.8 Å². The number of benzene rings is 1. The molecule has 3 nitrogen and oxygen atoms in total. The Balaban J connectivity index is 2.10. The largest absolute Gasteiger partial charge is 0.337 e. The topological polar surface area (TPSA) is 33.2 Å². The number of amides is 1. The Bertz CT molecular complexity index is 649. The summed E-state index contributed by atoms with van der Waals surface area (Å²) < 4.78 is 1.04. The fraction of sp³-hybridized carbons (Fsp3) is 0.412. The first-order valence-electron chi connectivity index (χ1n) is 7.33. The molecule has 22 heavy (non-hydrogen) atoms. The molecule has 0 saturated carbocycles. The number of aromatic nitrogens is 1. The van der Waals surface area contributed by atoms with E-state index in [9.17, 15) is 4.79 Å². The van der Waals surface area contributed by atoms with Crippen molar-refractivity contribution in [2.75, 3.05) is 7.05 Å². The zero-order valence-corrected chi connectivity index (χ0v) is 15.8. The minimum Gasteiger partial charge on any atom is -0.337 e. The first-order valence-corrected chi connectivity index (χ1v) is 8.94. The molecule has 0 radical (unpaired) electrons. The maximum Gasteiger partial charge on any atom is 0.265 e. The number of halogens is 1. The molecule has 0 saturated heterocycles. The Morgan fingerprint density at radius 2 is 1.95 bits per heavy atom. The molecule has 2 aromatic rings. The van der Waals surface area contributed by atoms with Crippen LogP contribution in [0.15, 0.2) is 28.7 Å². The van der Waals surface area contributed by atoms with Crippen molar-refractivity contribution in [1.82, 2.24) is 9.88 Å². The van der Waals surface area contributed by atoms with Crippen LogP contribution in [-0.2, 0) is 13.0 Å². The fourth-order valence-corrected chi connectivity index (χ4v) is 3.73. The summed E-state index contributed by atoms with van der Waals surface area (Å²) in [6.45, 7) is 6.85. The lowest BCUT2D eigenvalue weighted by atomic mass is 10.1. The number of thiazole rings is 1. The third-order valence-corrected chi connectivity index (χ3v) is 4.99. The first kappa shape index (κ1) is 17.2. The Labute approximate surface area is 144 Å². The lowest BCUT2D eigenvalue weighted by Gasteiger charge is -2.16. The summed E-state index contributed by atoms with van der Waals surface area (Å²) >= 11 is 4.95. The van der Waals surface area contributed by atoms with Crippen molar-refractivity contribution >= 4 is 33.2 Å². The minimum absolute atomic E-state index is 0.0490. The third kappa shape index (κ3) is 4.40. The third-order valence-electron chi connectivity index (χ3n) is 3.30.